The average Bonchev–Trinajstić information content (AvgIpc) is 2.44. The molecule has 21 heavy (non-hydrogen) atoms. The van der Waals surface area contributed by atoms with Crippen molar-refractivity contribution in [1.29, 1.82) is 0 Å². The Bertz CT molecular complexity index is 567. The molecule has 1 N–H and O–H groups in total. The number of hydrogen-bond donors (Lipinski definition) is 1. The predicted octanol–water partition coefficient (Wildman–Crippen LogP) is 2.31. The van der Waals surface area contributed by atoms with Crippen LogP contribution < -0.4 is 5.32 Å². The highest BCUT2D eigenvalue weighted by molar-refractivity contribution is 7.89. The second kappa shape index (κ2) is 6.34. The average molecular weight is 312 g/mol. The zero-order valence-corrected chi connectivity index (χ0v) is 13.7. The van der Waals surface area contributed by atoms with E-state index in [4.69, 9.17) is 4.74 Å². The molecule has 0 aliphatic carbocycles. The molecule has 0 saturated carbocycles. The smallest absolute Gasteiger partial charge is 0.243 e. The first-order valence-corrected chi connectivity index (χ1v) is 8.77. The summed E-state index contributed by atoms with van der Waals surface area (Å²) in [7, 11) is -3.44. The number of rotatable bonds is 5. The van der Waals surface area contributed by atoms with Crippen LogP contribution in [0.15, 0.2) is 29.2 Å². The number of anilines is 1. The fourth-order valence-corrected chi connectivity index (χ4v) is 3.92. The number of nitrogens with one attached hydrogen (secondary N) is 1. The maximum atomic E-state index is 12.7. The van der Waals surface area contributed by atoms with Crippen molar-refractivity contribution >= 4 is 15.7 Å². The molecule has 0 radical (unpaired) electrons. The van der Waals surface area contributed by atoms with E-state index in [9.17, 15) is 8.42 Å². The molecule has 1 aliphatic rings. The summed E-state index contributed by atoms with van der Waals surface area (Å²) in [6.45, 7) is 8.00. The van der Waals surface area contributed by atoms with Crippen molar-refractivity contribution in [2.45, 2.75) is 37.7 Å². The lowest BCUT2D eigenvalue weighted by Gasteiger charge is -2.37. The minimum Gasteiger partial charge on any atom is -0.385 e. The Hall–Kier alpha value is -1.11. The van der Waals surface area contributed by atoms with Crippen LogP contribution in [0.5, 0.6) is 0 Å². The third-order valence-corrected chi connectivity index (χ3v) is 5.32. The molecule has 0 bridgehead atoms. The second-order valence-corrected chi connectivity index (χ2v) is 7.84. The molecule has 0 spiro atoms. The highest BCUT2D eigenvalue weighted by Crippen LogP contribution is 2.24. The Morgan fingerprint density at radius 1 is 1.29 bits per heavy atom. The van der Waals surface area contributed by atoms with E-state index in [0.29, 0.717) is 24.6 Å². The van der Waals surface area contributed by atoms with Gasteiger partial charge in [-0.25, -0.2) is 8.42 Å². The van der Waals surface area contributed by atoms with Crippen molar-refractivity contribution in [3.8, 4) is 0 Å². The number of morpholine rings is 1. The molecule has 0 atom stereocenters. The maximum Gasteiger partial charge on any atom is 0.243 e. The standard InChI is InChI=1S/C15H24N2O3S/c1-4-9-16-13-5-7-14(8-6-13)21(18,19)17-10-11-20-15(2,3)12-17/h5-8,16H,4,9-12H2,1-3H3. The van der Waals surface area contributed by atoms with Crippen molar-refractivity contribution in [3.63, 3.8) is 0 Å². The summed E-state index contributed by atoms with van der Waals surface area (Å²) >= 11 is 0. The molecule has 6 heteroatoms. The molecular formula is C15H24N2O3S. The third kappa shape index (κ3) is 3.96. The van der Waals surface area contributed by atoms with Crippen molar-refractivity contribution in [1.82, 2.24) is 4.31 Å². The number of benzene rings is 1. The van der Waals surface area contributed by atoms with E-state index in [1.54, 1.807) is 12.1 Å². The van der Waals surface area contributed by atoms with Crippen LogP contribution in [0.4, 0.5) is 5.69 Å². The van der Waals surface area contributed by atoms with E-state index in [2.05, 4.69) is 12.2 Å². The lowest BCUT2D eigenvalue weighted by atomic mass is 10.1. The number of hydrogen-bond acceptors (Lipinski definition) is 4. The summed E-state index contributed by atoms with van der Waals surface area (Å²) in [4.78, 5) is 0.335. The summed E-state index contributed by atoms with van der Waals surface area (Å²) in [5.74, 6) is 0. The second-order valence-electron chi connectivity index (χ2n) is 5.90. The van der Waals surface area contributed by atoms with Gasteiger partial charge in [0.15, 0.2) is 0 Å². The van der Waals surface area contributed by atoms with Crippen molar-refractivity contribution in [2.24, 2.45) is 0 Å². The van der Waals surface area contributed by atoms with Gasteiger partial charge in [0.05, 0.1) is 17.1 Å². The molecular weight excluding hydrogens is 288 g/mol. The normalized spacial score (nSPS) is 19.4. The van der Waals surface area contributed by atoms with Crippen LogP contribution in [0.1, 0.15) is 27.2 Å². The van der Waals surface area contributed by atoms with Gasteiger partial charge in [-0.2, -0.15) is 4.31 Å². The lowest BCUT2D eigenvalue weighted by Crippen LogP contribution is -2.50. The molecule has 1 aromatic carbocycles. The van der Waals surface area contributed by atoms with Crippen LogP contribution >= 0.6 is 0 Å². The molecule has 1 aliphatic heterocycles. The third-order valence-electron chi connectivity index (χ3n) is 3.46. The largest absolute Gasteiger partial charge is 0.385 e. The summed E-state index contributed by atoms with van der Waals surface area (Å²) in [5.41, 5.74) is 0.506. The number of nitrogens with zero attached hydrogens (tertiary/aromatic N) is 1. The van der Waals surface area contributed by atoms with E-state index in [1.807, 2.05) is 26.0 Å². The predicted molar refractivity (Wildman–Crippen MR) is 84.0 cm³/mol. The van der Waals surface area contributed by atoms with Gasteiger partial charge in [-0.15, -0.1) is 0 Å². The maximum absolute atomic E-state index is 12.7. The fraction of sp³-hybridized carbons (Fsp3) is 0.600. The first-order chi connectivity index (χ1) is 9.85. The topological polar surface area (TPSA) is 58.6 Å². The first-order valence-electron chi connectivity index (χ1n) is 7.33. The minimum absolute atomic E-state index is 0.335. The Morgan fingerprint density at radius 3 is 2.52 bits per heavy atom. The van der Waals surface area contributed by atoms with Gasteiger partial charge in [-0.3, -0.25) is 0 Å². The van der Waals surface area contributed by atoms with Gasteiger partial charge >= 0.3 is 0 Å². The van der Waals surface area contributed by atoms with E-state index in [1.165, 1.54) is 4.31 Å². The van der Waals surface area contributed by atoms with Crippen molar-refractivity contribution < 1.29 is 13.2 Å². The molecule has 2 rings (SSSR count). The summed E-state index contributed by atoms with van der Waals surface area (Å²) in [6.07, 6.45) is 1.03. The summed E-state index contributed by atoms with van der Waals surface area (Å²) in [5, 5.41) is 3.24. The molecule has 0 unspecified atom stereocenters. The zero-order valence-electron chi connectivity index (χ0n) is 12.9. The molecule has 118 valence electrons. The quantitative estimate of drug-likeness (QED) is 0.906. The van der Waals surface area contributed by atoms with E-state index >= 15 is 0 Å². The molecule has 1 saturated heterocycles. The zero-order chi connectivity index (χ0) is 15.5. The molecule has 0 aromatic heterocycles. The van der Waals surface area contributed by atoms with E-state index in [0.717, 1.165) is 18.7 Å². The van der Waals surface area contributed by atoms with E-state index in [-0.39, 0.29) is 0 Å². The van der Waals surface area contributed by atoms with Gasteiger partial charge in [-0.1, -0.05) is 6.92 Å². The SMILES string of the molecule is CCCNc1ccc(S(=O)(=O)N2CCOC(C)(C)C2)cc1. The van der Waals surface area contributed by atoms with Crippen LogP contribution in [-0.4, -0.2) is 44.6 Å². The minimum atomic E-state index is -3.44. The van der Waals surface area contributed by atoms with Crippen LogP contribution in [0, 0.1) is 0 Å². The Labute approximate surface area is 127 Å². The highest BCUT2D eigenvalue weighted by atomic mass is 32.2. The Morgan fingerprint density at radius 2 is 1.95 bits per heavy atom. The monoisotopic (exact) mass is 312 g/mol. The Kier molecular flexibility index (Phi) is 4.91. The van der Waals surface area contributed by atoms with Crippen LogP contribution in [0.2, 0.25) is 0 Å². The van der Waals surface area contributed by atoms with Gasteiger partial charge in [0.2, 0.25) is 10.0 Å². The van der Waals surface area contributed by atoms with Crippen LogP contribution in [0.25, 0.3) is 0 Å². The molecule has 1 fully saturated rings. The number of ether oxygens (including phenoxy) is 1. The molecule has 5 nitrogen and oxygen atoms in total. The Balaban J connectivity index is 2.15. The van der Waals surface area contributed by atoms with Gasteiger partial charge < -0.3 is 10.1 Å². The van der Waals surface area contributed by atoms with Crippen LogP contribution in [0.3, 0.4) is 0 Å². The number of sulfonamides is 1. The summed E-state index contributed by atoms with van der Waals surface area (Å²) < 4.78 is 32.4. The van der Waals surface area contributed by atoms with Gasteiger partial charge in [0, 0.05) is 25.3 Å². The summed E-state index contributed by atoms with van der Waals surface area (Å²) in [6, 6.07) is 6.95. The molecule has 1 aromatic rings. The van der Waals surface area contributed by atoms with Crippen LogP contribution in [-0.2, 0) is 14.8 Å². The van der Waals surface area contributed by atoms with Crippen molar-refractivity contribution in [2.75, 3.05) is 31.6 Å². The molecule has 0 amide bonds. The lowest BCUT2D eigenvalue weighted by molar-refractivity contribution is -0.0640. The fourth-order valence-electron chi connectivity index (χ4n) is 2.34. The van der Waals surface area contributed by atoms with Gasteiger partial charge in [-0.05, 0) is 44.5 Å². The highest BCUT2D eigenvalue weighted by Gasteiger charge is 2.34. The van der Waals surface area contributed by atoms with E-state index < -0.39 is 15.6 Å². The first kappa shape index (κ1) is 16.3. The van der Waals surface area contributed by atoms with Gasteiger partial charge in [0.1, 0.15) is 0 Å². The van der Waals surface area contributed by atoms with Crippen molar-refractivity contribution in [3.05, 3.63) is 24.3 Å². The van der Waals surface area contributed by atoms with Gasteiger partial charge in [0.25, 0.3) is 0 Å². The molecule has 1 heterocycles.